The quantitative estimate of drug-likeness (QED) is 0.647. The van der Waals surface area contributed by atoms with Crippen LogP contribution in [-0.4, -0.2) is 53.4 Å². The number of hydrogen-bond acceptors (Lipinski definition) is 3. The molecule has 106 valence electrons. The molecule has 0 atom stereocenters. The van der Waals surface area contributed by atoms with E-state index >= 15 is 0 Å². The summed E-state index contributed by atoms with van der Waals surface area (Å²) in [7, 11) is 0. The van der Waals surface area contributed by atoms with E-state index in [1.54, 1.807) is 0 Å². The van der Waals surface area contributed by atoms with Crippen molar-refractivity contribution < 1.29 is 4.79 Å². The van der Waals surface area contributed by atoms with Gasteiger partial charge in [-0.2, -0.15) is 0 Å². The molecule has 0 aromatic rings. The SMILES string of the molecule is CCN(CC)C(=O)CN(CCC(N)=S)CC(C)C. The van der Waals surface area contributed by atoms with Crippen LogP contribution in [0.5, 0.6) is 0 Å². The molecule has 1 amide bonds. The summed E-state index contributed by atoms with van der Waals surface area (Å²) in [6, 6.07) is 0. The van der Waals surface area contributed by atoms with Gasteiger partial charge in [0.25, 0.3) is 0 Å². The molecule has 2 N–H and O–H groups in total. The summed E-state index contributed by atoms with van der Waals surface area (Å²) in [4.78, 5) is 16.6. The Kier molecular flexibility index (Phi) is 8.93. The number of carbonyl (C=O) groups excluding carboxylic acids is 1. The first-order valence-corrected chi connectivity index (χ1v) is 7.09. The van der Waals surface area contributed by atoms with Crippen LogP contribution < -0.4 is 5.73 Å². The molecule has 5 heteroatoms. The summed E-state index contributed by atoms with van der Waals surface area (Å²) >= 11 is 4.89. The predicted octanol–water partition coefficient (Wildman–Crippen LogP) is 1.49. The molecule has 0 aliphatic heterocycles. The Balaban J connectivity index is 4.37. The largest absolute Gasteiger partial charge is 0.393 e. The van der Waals surface area contributed by atoms with Crippen molar-refractivity contribution >= 4 is 23.1 Å². The second kappa shape index (κ2) is 9.28. The van der Waals surface area contributed by atoms with Crippen LogP contribution in [0.15, 0.2) is 0 Å². The third-order valence-corrected chi connectivity index (χ3v) is 2.98. The number of nitrogens with zero attached hydrogens (tertiary/aromatic N) is 2. The van der Waals surface area contributed by atoms with Crippen molar-refractivity contribution in [3.8, 4) is 0 Å². The van der Waals surface area contributed by atoms with Crippen molar-refractivity contribution in [1.82, 2.24) is 9.80 Å². The van der Waals surface area contributed by atoms with Crippen LogP contribution in [0, 0.1) is 5.92 Å². The molecule has 0 bridgehead atoms. The molecule has 0 saturated carbocycles. The molecular weight excluding hydrogens is 246 g/mol. The smallest absolute Gasteiger partial charge is 0.236 e. The van der Waals surface area contributed by atoms with Crippen LogP contribution in [0.2, 0.25) is 0 Å². The van der Waals surface area contributed by atoms with Crippen LogP contribution in [0.25, 0.3) is 0 Å². The van der Waals surface area contributed by atoms with E-state index in [9.17, 15) is 4.79 Å². The van der Waals surface area contributed by atoms with Crippen LogP contribution in [0.1, 0.15) is 34.1 Å². The Labute approximate surface area is 116 Å². The monoisotopic (exact) mass is 273 g/mol. The zero-order valence-corrected chi connectivity index (χ0v) is 12.9. The highest BCUT2D eigenvalue weighted by Crippen LogP contribution is 2.02. The van der Waals surface area contributed by atoms with Gasteiger partial charge in [-0.3, -0.25) is 9.69 Å². The van der Waals surface area contributed by atoms with E-state index in [0.717, 1.165) is 26.2 Å². The van der Waals surface area contributed by atoms with Gasteiger partial charge in [0, 0.05) is 32.6 Å². The maximum absolute atomic E-state index is 12.1. The van der Waals surface area contributed by atoms with Crippen molar-refractivity contribution in [3.05, 3.63) is 0 Å². The van der Waals surface area contributed by atoms with Gasteiger partial charge in [-0.05, 0) is 19.8 Å². The summed E-state index contributed by atoms with van der Waals surface area (Å²) in [6.45, 7) is 12.0. The highest BCUT2D eigenvalue weighted by molar-refractivity contribution is 7.80. The molecule has 0 aromatic carbocycles. The maximum atomic E-state index is 12.1. The molecule has 0 fully saturated rings. The van der Waals surface area contributed by atoms with Crippen LogP contribution in [-0.2, 0) is 4.79 Å². The molecule has 0 unspecified atom stereocenters. The molecule has 0 saturated heterocycles. The number of rotatable bonds is 9. The fourth-order valence-corrected chi connectivity index (χ4v) is 1.98. The molecule has 0 radical (unpaired) electrons. The van der Waals surface area contributed by atoms with Gasteiger partial charge in [0.15, 0.2) is 0 Å². The number of amides is 1. The second-order valence-electron chi connectivity index (χ2n) is 4.91. The van der Waals surface area contributed by atoms with Gasteiger partial charge >= 0.3 is 0 Å². The lowest BCUT2D eigenvalue weighted by atomic mass is 10.2. The molecule has 0 aliphatic rings. The van der Waals surface area contributed by atoms with Crippen molar-refractivity contribution in [1.29, 1.82) is 0 Å². The average molecular weight is 273 g/mol. The van der Waals surface area contributed by atoms with E-state index in [2.05, 4.69) is 18.7 Å². The number of thiocarbonyl (C=S) groups is 1. The Morgan fingerprint density at radius 1 is 1.28 bits per heavy atom. The Bertz CT molecular complexity index is 265. The normalized spacial score (nSPS) is 11.0. The van der Waals surface area contributed by atoms with Gasteiger partial charge < -0.3 is 10.6 Å². The lowest BCUT2D eigenvalue weighted by Crippen LogP contribution is -2.42. The molecule has 0 aromatic heterocycles. The van der Waals surface area contributed by atoms with Gasteiger partial charge in [0.05, 0.1) is 11.5 Å². The van der Waals surface area contributed by atoms with Gasteiger partial charge in [0.1, 0.15) is 0 Å². The first-order chi connectivity index (χ1) is 8.40. The molecule has 0 heterocycles. The van der Waals surface area contributed by atoms with E-state index in [1.807, 2.05) is 18.7 Å². The number of carbonyl (C=O) groups is 1. The van der Waals surface area contributed by atoms with E-state index in [1.165, 1.54) is 0 Å². The van der Waals surface area contributed by atoms with E-state index in [0.29, 0.717) is 23.9 Å². The second-order valence-corrected chi connectivity index (χ2v) is 5.44. The van der Waals surface area contributed by atoms with E-state index in [4.69, 9.17) is 18.0 Å². The van der Waals surface area contributed by atoms with Crippen molar-refractivity contribution in [2.75, 3.05) is 32.7 Å². The summed E-state index contributed by atoms with van der Waals surface area (Å²) < 4.78 is 0. The number of hydrogen-bond donors (Lipinski definition) is 1. The Morgan fingerprint density at radius 2 is 1.83 bits per heavy atom. The minimum Gasteiger partial charge on any atom is -0.393 e. The highest BCUT2D eigenvalue weighted by Gasteiger charge is 2.16. The highest BCUT2D eigenvalue weighted by atomic mass is 32.1. The summed E-state index contributed by atoms with van der Waals surface area (Å²) in [5.74, 6) is 0.712. The van der Waals surface area contributed by atoms with Gasteiger partial charge in [-0.15, -0.1) is 0 Å². The lowest BCUT2D eigenvalue weighted by molar-refractivity contribution is -0.132. The zero-order chi connectivity index (χ0) is 14.1. The molecule has 18 heavy (non-hydrogen) atoms. The van der Waals surface area contributed by atoms with Gasteiger partial charge in [-0.25, -0.2) is 0 Å². The summed E-state index contributed by atoms with van der Waals surface area (Å²) in [5.41, 5.74) is 5.52. The first-order valence-electron chi connectivity index (χ1n) is 6.69. The molecule has 0 spiro atoms. The van der Waals surface area contributed by atoms with Crippen LogP contribution in [0.3, 0.4) is 0 Å². The van der Waals surface area contributed by atoms with Gasteiger partial charge in [0.2, 0.25) is 5.91 Å². The number of nitrogens with two attached hydrogens (primary N) is 1. The fraction of sp³-hybridized carbons (Fsp3) is 0.846. The molecular formula is C13H27N3OS. The van der Waals surface area contributed by atoms with Crippen molar-refractivity contribution in [2.24, 2.45) is 11.7 Å². The average Bonchev–Trinajstić information content (AvgIpc) is 2.26. The molecule has 0 aliphatic carbocycles. The lowest BCUT2D eigenvalue weighted by Gasteiger charge is -2.27. The predicted molar refractivity (Wildman–Crippen MR) is 80.6 cm³/mol. The van der Waals surface area contributed by atoms with Crippen LogP contribution in [0.4, 0.5) is 0 Å². The third kappa shape index (κ3) is 7.61. The van der Waals surface area contributed by atoms with E-state index in [-0.39, 0.29) is 5.91 Å². The first kappa shape index (κ1) is 17.3. The minimum atomic E-state index is 0.184. The molecule has 4 nitrogen and oxygen atoms in total. The Morgan fingerprint density at radius 3 is 2.22 bits per heavy atom. The van der Waals surface area contributed by atoms with Crippen LogP contribution >= 0.6 is 12.2 Å². The van der Waals surface area contributed by atoms with Crippen molar-refractivity contribution in [3.63, 3.8) is 0 Å². The minimum absolute atomic E-state index is 0.184. The standard InChI is InChI=1S/C13H27N3OS/c1-5-16(6-2)13(17)10-15(9-11(3)4)8-7-12(14)18/h11H,5-10H2,1-4H3,(H2,14,18). The topological polar surface area (TPSA) is 49.6 Å². The molecule has 0 rings (SSSR count). The summed E-state index contributed by atoms with van der Waals surface area (Å²) in [6.07, 6.45) is 0.674. The maximum Gasteiger partial charge on any atom is 0.236 e. The van der Waals surface area contributed by atoms with E-state index < -0.39 is 0 Å². The van der Waals surface area contributed by atoms with Gasteiger partial charge in [-0.1, -0.05) is 26.1 Å². The van der Waals surface area contributed by atoms with Crippen molar-refractivity contribution in [2.45, 2.75) is 34.1 Å². The fourth-order valence-electron chi connectivity index (χ4n) is 1.89. The summed E-state index contributed by atoms with van der Waals surface area (Å²) in [5, 5.41) is 0. The third-order valence-electron chi connectivity index (χ3n) is 2.77. The number of likely N-dealkylation sites (N-methyl/N-ethyl adjacent to an activating group) is 1. The zero-order valence-electron chi connectivity index (χ0n) is 12.1. The Hall–Kier alpha value is -0.680.